The number of carbonyl (C=O) groups is 1. The zero-order chi connectivity index (χ0) is 14.7. The molecule has 0 radical (unpaired) electrons. The van der Waals surface area contributed by atoms with Gasteiger partial charge in [0, 0.05) is 19.0 Å². The first kappa shape index (κ1) is 14.6. The zero-order valence-corrected chi connectivity index (χ0v) is 13.0. The summed E-state index contributed by atoms with van der Waals surface area (Å²) < 4.78 is 0. The third kappa shape index (κ3) is 4.07. The lowest BCUT2D eigenvalue weighted by atomic mass is 9.89. The van der Waals surface area contributed by atoms with Crippen LogP contribution in [0.4, 0.5) is 0 Å². The normalized spacial score (nSPS) is 18.9. The van der Waals surface area contributed by atoms with Crippen molar-refractivity contribution in [1.29, 1.82) is 0 Å². The first-order valence-corrected chi connectivity index (χ1v) is 8.37. The quantitative estimate of drug-likeness (QED) is 0.844. The van der Waals surface area contributed by atoms with Crippen molar-refractivity contribution in [3.63, 3.8) is 0 Å². The Hall–Kier alpha value is -1.35. The van der Waals surface area contributed by atoms with E-state index >= 15 is 0 Å². The smallest absolute Gasteiger partial charge is 0.221 e. The Morgan fingerprint density at radius 3 is 2.76 bits per heavy atom. The molecule has 1 aromatic carbocycles. The van der Waals surface area contributed by atoms with Gasteiger partial charge in [-0.2, -0.15) is 0 Å². The van der Waals surface area contributed by atoms with Gasteiger partial charge in [0.15, 0.2) is 0 Å². The summed E-state index contributed by atoms with van der Waals surface area (Å²) in [5, 5.41) is 6.50. The standard InChI is InChI=1S/C18H26N2O/c1-13(20-18(21)10-11-19-17-8-9-17)15-7-6-14-4-2-3-5-16(14)12-15/h6-7,12-13,17,19H,2-5,8-11H2,1H3,(H,20,21). The van der Waals surface area contributed by atoms with E-state index in [0.29, 0.717) is 12.5 Å². The second kappa shape index (κ2) is 6.61. The minimum atomic E-state index is 0.102. The number of nitrogens with one attached hydrogen (secondary N) is 2. The zero-order valence-electron chi connectivity index (χ0n) is 13.0. The molecule has 2 N–H and O–H groups in total. The van der Waals surface area contributed by atoms with E-state index in [1.807, 2.05) is 0 Å². The van der Waals surface area contributed by atoms with E-state index in [0.717, 1.165) is 6.54 Å². The lowest BCUT2D eigenvalue weighted by Gasteiger charge is -2.20. The molecular weight excluding hydrogens is 260 g/mol. The van der Waals surface area contributed by atoms with Gasteiger partial charge in [0.25, 0.3) is 0 Å². The number of benzene rings is 1. The fraction of sp³-hybridized carbons (Fsp3) is 0.611. The van der Waals surface area contributed by atoms with Crippen LogP contribution in [-0.4, -0.2) is 18.5 Å². The molecule has 1 atom stereocenters. The van der Waals surface area contributed by atoms with Crippen LogP contribution in [0.25, 0.3) is 0 Å². The molecule has 1 aromatic rings. The SMILES string of the molecule is CC(NC(=O)CCNC1CC1)c1ccc2c(c1)CCCC2. The van der Waals surface area contributed by atoms with Gasteiger partial charge in [-0.15, -0.1) is 0 Å². The van der Waals surface area contributed by atoms with Gasteiger partial charge in [-0.3, -0.25) is 4.79 Å². The molecule has 3 rings (SSSR count). The first-order chi connectivity index (χ1) is 10.2. The molecule has 1 saturated carbocycles. The van der Waals surface area contributed by atoms with Crippen molar-refractivity contribution in [2.45, 2.75) is 64.0 Å². The van der Waals surface area contributed by atoms with Crippen LogP contribution in [-0.2, 0) is 17.6 Å². The highest BCUT2D eigenvalue weighted by Gasteiger charge is 2.20. The monoisotopic (exact) mass is 286 g/mol. The minimum absolute atomic E-state index is 0.102. The Bertz CT molecular complexity index is 508. The predicted octanol–water partition coefficient (Wildman–Crippen LogP) is 2.88. The molecule has 0 saturated heterocycles. The molecule has 21 heavy (non-hydrogen) atoms. The third-order valence-electron chi connectivity index (χ3n) is 4.61. The average Bonchev–Trinajstić information content (AvgIpc) is 3.31. The van der Waals surface area contributed by atoms with Crippen LogP contribution in [0.5, 0.6) is 0 Å². The van der Waals surface area contributed by atoms with Gasteiger partial charge < -0.3 is 10.6 Å². The van der Waals surface area contributed by atoms with E-state index in [9.17, 15) is 4.79 Å². The fourth-order valence-corrected chi connectivity index (χ4v) is 3.10. The van der Waals surface area contributed by atoms with Gasteiger partial charge in [-0.1, -0.05) is 18.2 Å². The maximum atomic E-state index is 12.0. The summed E-state index contributed by atoms with van der Waals surface area (Å²) in [5.74, 6) is 0.147. The Balaban J connectivity index is 1.51. The summed E-state index contributed by atoms with van der Waals surface area (Å²) in [6.07, 6.45) is 8.13. The van der Waals surface area contributed by atoms with Crippen LogP contribution in [0, 0.1) is 0 Å². The summed E-state index contributed by atoms with van der Waals surface area (Å²) in [5.41, 5.74) is 4.21. The van der Waals surface area contributed by atoms with Crippen LogP contribution in [0.1, 0.15) is 61.8 Å². The first-order valence-electron chi connectivity index (χ1n) is 8.37. The molecule has 1 unspecified atom stereocenters. The number of fused-ring (bicyclic) bond motifs is 1. The molecule has 0 heterocycles. The van der Waals surface area contributed by atoms with Crippen molar-refractivity contribution in [2.24, 2.45) is 0 Å². The average molecular weight is 286 g/mol. The maximum absolute atomic E-state index is 12.0. The van der Waals surface area contributed by atoms with E-state index < -0.39 is 0 Å². The molecule has 1 fully saturated rings. The minimum Gasteiger partial charge on any atom is -0.350 e. The van der Waals surface area contributed by atoms with Crippen LogP contribution < -0.4 is 10.6 Å². The van der Waals surface area contributed by atoms with E-state index in [1.54, 1.807) is 0 Å². The topological polar surface area (TPSA) is 41.1 Å². The van der Waals surface area contributed by atoms with Crippen LogP contribution >= 0.6 is 0 Å². The molecule has 3 nitrogen and oxygen atoms in total. The Morgan fingerprint density at radius 1 is 1.24 bits per heavy atom. The van der Waals surface area contributed by atoms with E-state index in [-0.39, 0.29) is 11.9 Å². The maximum Gasteiger partial charge on any atom is 0.221 e. The van der Waals surface area contributed by atoms with Crippen molar-refractivity contribution >= 4 is 5.91 Å². The number of hydrogen-bond acceptors (Lipinski definition) is 2. The summed E-state index contributed by atoms with van der Waals surface area (Å²) in [4.78, 5) is 12.0. The summed E-state index contributed by atoms with van der Waals surface area (Å²) in [7, 11) is 0. The number of amides is 1. The van der Waals surface area contributed by atoms with Gasteiger partial charge in [0.2, 0.25) is 5.91 Å². The van der Waals surface area contributed by atoms with Gasteiger partial charge in [-0.05, 0) is 62.1 Å². The molecular formula is C18H26N2O. The van der Waals surface area contributed by atoms with Crippen LogP contribution in [0.15, 0.2) is 18.2 Å². The molecule has 0 bridgehead atoms. The van der Waals surface area contributed by atoms with Gasteiger partial charge in [-0.25, -0.2) is 0 Å². The Kier molecular flexibility index (Phi) is 4.59. The van der Waals surface area contributed by atoms with Crippen LogP contribution in [0.3, 0.4) is 0 Å². The lowest BCUT2D eigenvalue weighted by molar-refractivity contribution is -0.121. The van der Waals surface area contributed by atoms with Crippen molar-refractivity contribution in [1.82, 2.24) is 10.6 Å². The highest BCUT2D eigenvalue weighted by Crippen LogP contribution is 2.24. The van der Waals surface area contributed by atoms with Gasteiger partial charge in [0.05, 0.1) is 6.04 Å². The molecule has 0 spiro atoms. The van der Waals surface area contributed by atoms with Gasteiger partial charge in [0.1, 0.15) is 0 Å². The van der Waals surface area contributed by atoms with E-state index in [1.165, 1.54) is 55.2 Å². The lowest BCUT2D eigenvalue weighted by Crippen LogP contribution is -2.30. The molecule has 0 aliphatic heterocycles. The van der Waals surface area contributed by atoms with Gasteiger partial charge >= 0.3 is 0 Å². The molecule has 2 aliphatic rings. The van der Waals surface area contributed by atoms with E-state index in [4.69, 9.17) is 0 Å². The number of aryl methyl sites for hydroxylation is 2. The second-order valence-corrected chi connectivity index (χ2v) is 6.50. The van der Waals surface area contributed by atoms with E-state index in [2.05, 4.69) is 35.8 Å². The Labute approximate surface area is 127 Å². The molecule has 114 valence electrons. The molecule has 1 amide bonds. The van der Waals surface area contributed by atoms with Crippen molar-refractivity contribution in [3.8, 4) is 0 Å². The summed E-state index contributed by atoms with van der Waals surface area (Å²) >= 11 is 0. The fourth-order valence-electron chi connectivity index (χ4n) is 3.10. The third-order valence-corrected chi connectivity index (χ3v) is 4.61. The molecule has 3 heteroatoms. The number of rotatable bonds is 6. The van der Waals surface area contributed by atoms with Crippen molar-refractivity contribution in [2.75, 3.05) is 6.54 Å². The largest absolute Gasteiger partial charge is 0.350 e. The second-order valence-electron chi connectivity index (χ2n) is 6.50. The number of carbonyl (C=O) groups excluding carboxylic acids is 1. The highest BCUT2D eigenvalue weighted by atomic mass is 16.1. The van der Waals surface area contributed by atoms with Crippen molar-refractivity contribution < 1.29 is 4.79 Å². The molecule has 2 aliphatic carbocycles. The molecule has 0 aromatic heterocycles. The predicted molar refractivity (Wildman–Crippen MR) is 85.3 cm³/mol. The van der Waals surface area contributed by atoms with Crippen molar-refractivity contribution in [3.05, 3.63) is 34.9 Å². The highest BCUT2D eigenvalue weighted by molar-refractivity contribution is 5.76. The summed E-state index contributed by atoms with van der Waals surface area (Å²) in [6.45, 7) is 2.88. The Morgan fingerprint density at radius 2 is 2.00 bits per heavy atom. The van der Waals surface area contributed by atoms with Crippen LogP contribution in [0.2, 0.25) is 0 Å². The summed E-state index contributed by atoms with van der Waals surface area (Å²) in [6, 6.07) is 7.50. The number of hydrogen-bond donors (Lipinski definition) is 2.